The second-order valence-corrected chi connectivity index (χ2v) is 5.57. The Bertz CT molecular complexity index is 693. The SMILES string of the molecule is CCN1c2ccccc2N(c2ccc(F)cc2F)S1=O. The average Bonchev–Trinajstić information content (AvgIpc) is 2.71. The summed E-state index contributed by atoms with van der Waals surface area (Å²) in [5, 5.41) is 0. The molecule has 6 heteroatoms. The van der Waals surface area contributed by atoms with Crippen LogP contribution in [0.3, 0.4) is 0 Å². The number of para-hydroxylation sites is 2. The summed E-state index contributed by atoms with van der Waals surface area (Å²) in [6, 6.07) is 10.5. The largest absolute Gasteiger partial charge is 0.272 e. The van der Waals surface area contributed by atoms with Crippen LogP contribution in [0.5, 0.6) is 0 Å². The molecular weight excluding hydrogens is 282 g/mol. The second kappa shape index (κ2) is 4.86. The molecule has 3 rings (SSSR count). The van der Waals surface area contributed by atoms with Gasteiger partial charge in [0.05, 0.1) is 17.1 Å². The first-order valence-electron chi connectivity index (χ1n) is 6.17. The van der Waals surface area contributed by atoms with Gasteiger partial charge in [0.1, 0.15) is 5.82 Å². The van der Waals surface area contributed by atoms with E-state index in [4.69, 9.17) is 0 Å². The molecule has 0 N–H and O–H groups in total. The summed E-state index contributed by atoms with van der Waals surface area (Å²) in [7, 11) is 0. The zero-order valence-electron chi connectivity index (χ0n) is 10.7. The van der Waals surface area contributed by atoms with Gasteiger partial charge in [-0.15, -0.1) is 0 Å². The third-order valence-corrected chi connectivity index (χ3v) is 4.67. The van der Waals surface area contributed by atoms with Gasteiger partial charge in [0.2, 0.25) is 11.2 Å². The lowest BCUT2D eigenvalue weighted by molar-refractivity contribution is 0.584. The van der Waals surface area contributed by atoms with Crippen molar-refractivity contribution in [3.8, 4) is 0 Å². The van der Waals surface area contributed by atoms with Crippen molar-refractivity contribution >= 4 is 28.2 Å². The molecule has 0 aromatic heterocycles. The highest BCUT2D eigenvalue weighted by Gasteiger charge is 2.34. The van der Waals surface area contributed by atoms with Gasteiger partial charge in [-0.2, -0.15) is 0 Å². The van der Waals surface area contributed by atoms with Crippen LogP contribution in [0, 0.1) is 11.6 Å². The zero-order chi connectivity index (χ0) is 14.3. The molecule has 0 saturated heterocycles. The van der Waals surface area contributed by atoms with Crippen molar-refractivity contribution in [2.45, 2.75) is 6.92 Å². The van der Waals surface area contributed by atoms with Crippen molar-refractivity contribution in [3.63, 3.8) is 0 Å². The summed E-state index contributed by atoms with van der Waals surface area (Å²) in [4.78, 5) is 0. The van der Waals surface area contributed by atoms with Gasteiger partial charge in [-0.1, -0.05) is 12.1 Å². The molecule has 0 fully saturated rings. The lowest BCUT2D eigenvalue weighted by Crippen LogP contribution is -2.29. The fourth-order valence-electron chi connectivity index (χ4n) is 2.25. The van der Waals surface area contributed by atoms with Crippen LogP contribution in [0.4, 0.5) is 25.8 Å². The molecule has 1 aliphatic heterocycles. The van der Waals surface area contributed by atoms with Crippen molar-refractivity contribution in [3.05, 3.63) is 54.1 Å². The summed E-state index contributed by atoms with van der Waals surface area (Å²) >= 11 is -1.56. The van der Waals surface area contributed by atoms with Crippen molar-refractivity contribution < 1.29 is 13.0 Å². The van der Waals surface area contributed by atoms with Crippen LogP contribution >= 0.6 is 0 Å². The Kier molecular flexibility index (Phi) is 3.17. The molecule has 1 heterocycles. The van der Waals surface area contributed by atoms with Gasteiger partial charge in [-0.25, -0.2) is 17.3 Å². The Labute approximate surface area is 118 Å². The maximum Gasteiger partial charge on any atom is 0.230 e. The number of nitrogens with zero attached hydrogens (tertiary/aromatic N) is 2. The third kappa shape index (κ3) is 1.87. The highest BCUT2D eigenvalue weighted by Crippen LogP contribution is 2.43. The average molecular weight is 294 g/mol. The standard InChI is InChI=1S/C14H12F2N2OS/c1-2-17-13-5-3-4-6-14(13)18(20(17)19)12-8-7-10(15)9-11(12)16/h3-9H,2H2,1H3. The molecule has 20 heavy (non-hydrogen) atoms. The minimum Gasteiger partial charge on any atom is -0.272 e. The van der Waals surface area contributed by atoms with Crippen molar-refractivity contribution in [2.75, 3.05) is 15.2 Å². The van der Waals surface area contributed by atoms with Gasteiger partial charge in [-0.05, 0) is 31.2 Å². The molecule has 3 nitrogen and oxygen atoms in total. The maximum absolute atomic E-state index is 14.0. The summed E-state index contributed by atoms with van der Waals surface area (Å²) in [6.45, 7) is 2.40. The lowest BCUT2D eigenvalue weighted by atomic mass is 10.2. The first kappa shape index (κ1) is 13.1. The molecule has 0 saturated carbocycles. The van der Waals surface area contributed by atoms with Crippen LogP contribution in [0.2, 0.25) is 0 Å². The Morgan fingerprint density at radius 2 is 1.75 bits per heavy atom. The monoisotopic (exact) mass is 294 g/mol. The molecule has 104 valence electrons. The fourth-order valence-corrected chi connectivity index (χ4v) is 3.63. The summed E-state index contributed by atoms with van der Waals surface area (Å²) < 4.78 is 42.6. The molecular formula is C14H12F2N2OS. The lowest BCUT2D eigenvalue weighted by Gasteiger charge is -2.19. The van der Waals surface area contributed by atoms with E-state index in [1.165, 1.54) is 10.4 Å². The quantitative estimate of drug-likeness (QED) is 0.831. The van der Waals surface area contributed by atoms with E-state index in [1.54, 1.807) is 16.4 Å². The number of anilines is 3. The molecule has 2 aromatic rings. The number of fused-ring (bicyclic) bond motifs is 1. The Hall–Kier alpha value is -1.95. The van der Waals surface area contributed by atoms with E-state index in [-0.39, 0.29) is 5.69 Å². The highest BCUT2D eigenvalue weighted by molar-refractivity contribution is 7.88. The molecule has 0 aliphatic carbocycles. The highest BCUT2D eigenvalue weighted by atomic mass is 32.2. The molecule has 0 amide bonds. The molecule has 1 unspecified atom stereocenters. The van der Waals surface area contributed by atoms with Crippen LogP contribution in [0.25, 0.3) is 0 Å². The number of benzene rings is 2. The van der Waals surface area contributed by atoms with Gasteiger partial charge >= 0.3 is 0 Å². The predicted molar refractivity (Wildman–Crippen MR) is 76.1 cm³/mol. The summed E-state index contributed by atoms with van der Waals surface area (Å²) in [5.74, 6) is -1.39. The number of hydrogen-bond acceptors (Lipinski definition) is 1. The van der Waals surface area contributed by atoms with E-state index < -0.39 is 22.8 Å². The van der Waals surface area contributed by atoms with Gasteiger partial charge < -0.3 is 0 Å². The van der Waals surface area contributed by atoms with E-state index in [0.717, 1.165) is 17.8 Å². The van der Waals surface area contributed by atoms with Crippen LogP contribution < -0.4 is 8.61 Å². The molecule has 1 aliphatic rings. The molecule has 0 bridgehead atoms. The normalized spacial score (nSPS) is 17.4. The van der Waals surface area contributed by atoms with Crippen molar-refractivity contribution in [1.82, 2.24) is 0 Å². The van der Waals surface area contributed by atoms with Gasteiger partial charge in [0, 0.05) is 12.6 Å². The van der Waals surface area contributed by atoms with E-state index in [0.29, 0.717) is 12.2 Å². The minimum absolute atomic E-state index is 0.105. The first-order chi connectivity index (χ1) is 9.63. The van der Waals surface area contributed by atoms with Gasteiger partial charge in [0.25, 0.3) is 0 Å². The third-order valence-electron chi connectivity index (χ3n) is 3.13. The summed E-state index contributed by atoms with van der Waals surface area (Å²) in [5.41, 5.74) is 1.53. The Balaban J connectivity index is 2.17. The summed E-state index contributed by atoms with van der Waals surface area (Å²) in [6.07, 6.45) is 0. The van der Waals surface area contributed by atoms with Gasteiger partial charge in [0.15, 0.2) is 5.82 Å². The van der Waals surface area contributed by atoms with E-state index in [9.17, 15) is 13.0 Å². The minimum atomic E-state index is -1.56. The van der Waals surface area contributed by atoms with Crippen molar-refractivity contribution in [1.29, 1.82) is 0 Å². The van der Waals surface area contributed by atoms with Crippen LogP contribution in [0.1, 0.15) is 6.92 Å². The number of hydrogen-bond donors (Lipinski definition) is 0. The molecule has 0 radical (unpaired) electrons. The number of rotatable bonds is 2. The van der Waals surface area contributed by atoms with Crippen molar-refractivity contribution in [2.24, 2.45) is 0 Å². The van der Waals surface area contributed by atoms with Crippen LogP contribution in [0.15, 0.2) is 42.5 Å². The Morgan fingerprint density at radius 3 is 2.40 bits per heavy atom. The molecule has 0 spiro atoms. The van der Waals surface area contributed by atoms with Crippen LogP contribution in [-0.2, 0) is 11.2 Å². The first-order valence-corrected chi connectivity index (χ1v) is 7.23. The van der Waals surface area contributed by atoms with Crippen LogP contribution in [-0.4, -0.2) is 10.8 Å². The maximum atomic E-state index is 14.0. The predicted octanol–water partition coefficient (Wildman–Crippen LogP) is 3.52. The fraction of sp³-hybridized carbons (Fsp3) is 0.143. The second-order valence-electron chi connectivity index (χ2n) is 4.30. The Morgan fingerprint density at radius 1 is 1.05 bits per heavy atom. The topological polar surface area (TPSA) is 23.6 Å². The van der Waals surface area contributed by atoms with E-state index in [2.05, 4.69) is 0 Å². The smallest absolute Gasteiger partial charge is 0.230 e. The van der Waals surface area contributed by atoms with E-state index in [1.807, 2.05) is 19.1 Å². The zero-order valence-corrected chi connectivity index (χ0v) is 11.5. The molecule has 2 aromatic carbocycles. The van der Waals surface area contributed by atoms with E-state index >= 15 is 0 Å². The molecule has 1 atom stereocenters. The number of halogens is 2. The van der Waals surface area contributed by atoms with Gasteiger partial charge in [-0.3, -0.25) is 4.31 Å².